The molecule has 3 heterocycles. The van der Waals surface area contributed by atoms with Gasteiger partial charge in [-0.2, -0.15) is 0 Å². The molecule has 164 valence electrons. The maximum atomic E-state index is 4.82. The molecule has 0 radical (unpaired) electrons. The second-order valence-electron chi connectivity index (χ2n) is 7.50. The lowest BCUT2D eigenvalue weighted by Crippen LogP contribution is -2.13. The zero-order valence-electron chi connectivity index (χ0n) is 18.8. The molecule has 1 aliphatic carbocycles. The highest BCUT2D eigenvalue weighted by molar-refractivity contribution is 5.67. The average molecular weight is 436 g/mol. The molecule has 0 spiro atoms. The molecule has 4 rings (SSSR count). The van der Waals surface area contributed by atoms with Gasteiger partial charge in [0.05, 0.1) is 36.2 Å². The standard InChI is InChI=1S/C26H25N7/c1-20-13-14-24(17-29-20)33-18-22(16-27-2)31-26(33)21-8-6-10-23(11-7-9-21)32(3)19-30-25-12-4-5-15-28-25/h4-8,11-15,17-19H,2,9,16H2,1,3H3/b11-7-,21-8+,30-19-. The van der Waals surface area contributed by atoms with Crippen LogP contribution in [0.2, 0.25) is 0 Å². The van der Waals surface area contributed by atoms with Crippen molar-refractivity contribution in [3.63, 3.8) is 0 Å². The number of hydrogen-bond acceptors (Lipinski definition) is 5. The van der Waals surface area contributed by atoms with Crippen LogP contribution < -0.4 is 0 Å². The van der Waals surface area contributed by atoms with Gasteiger partial charge < -0.3 is 4.90 Å². The minimum atomic E-state index is 0.461. The molecule has 0 fully saturated rings. The Labute approximate surface area is 193 Å². The van der Waals surface area contributed by atoms with Crippen molar-refractivity contribution >= 4 is 24.4 Å². The van der Waals surface area contributed by atoms with E-state index in [2.05, 4.69) is 43.0 Å². The molecule has 0 atom stereocenters. The predicted octanol–water partition coefficient (Wildman–Crippen LogP) is 4.85. The van der Waals surface area contributed by atoms with Crippen molar-refractivity contribution in [3.05, 3.63) is 102 Å². The first-order chi connectivity index (χ1) is 16.1. The van der Waals surface area contributed by atoms with E-state index in [0.717, 1.165) is 34.2 Å². The van der Waals surface area contributed by atoms with E-state index in [-0.39, 0.29) is 0 Å². The zero-order valence-corrected chi connectivity index (χ0v) is 18.8. The summed E-state index contributed by atoms with van der Waals surface area (Å²) >= 11 is 0. The Balaban J connectivity index is 1.64. The van der Waals surface area contributed by atoms with Crippen LogP contribution >= 0.6 is 0 Å². The number of aryl methyl sites for hydroxylation is 1. The van der Waals surface area contributed by atoms with Crippen LogP contribution in [0.5, 0.6) is 0 Å². The first kappa shape index (κ1) is 21.9. The van der Waals surface area contributed by atoms with Crippen LogP contribution in [0.3, 0.4) is 0 Å². The fraction of sp³-hybridized carbons (Fsp3) is 0.154. The number of imidazole rings is 1. The van der Waals surface area contributed by atoms with E-state index in [1.807, 2.05) is 79.8 Å². The Kier molecular flexibility index (Phi) is 6.83. The molecule has 0 amide bonds. The summed E-state index contributed by atoms with van der Waals surface area (Å²) in [4.78, 5) is 23.8. The van der Waals surface area contributed by atoms with Crippen molar-refractivity contribution in [2.24, 2.45) is 9.98 Å². The van der Waals surface area contributed by atoms with Crippen LogP contribution in [0.15, 0.2) is 94.6 Å². The first-order valence-corrected chi connectivity index (χ1v) is 10.6. The highest BCUT2D eigenvalue weighted by Crippen LogP contribution is 2.24. The Bertz CT molecular complexity index is 1270. The van der Waals surface area contributed by atoms with Crippen LogP contribution in [0, 0.1) is 6.92 Å². The van der Waals surface area contributed by atoms with Crippen LogP contribution in [0.1, 0.15) is 23.6 Å². The summed E-state index contributed by atoms with van der Waals surface area (Å²) < 4.78 is 2.05. The normalized spacial score (nSPS) is 15.9. The zero-order chi connectivity index (χ0) is 23.0. The van der Waals surface area contributed by atoms with Crippen molar-refractivity contribution in [1.29, 1.82) is 0 Å². The molecule has 3 aromatic heterocycles. The molecule has 33 heavy (non-hydrogen) atoms. The Morgan fingerprint density at radius 2 is 2.15 bits per heavy atom. The van der Waals surface area contributed by atoms with E-state index in [9.17, 15) is 0 Å². The van der Waals surface area contributed by atoms with Gasteiger partial charge in [0.15, 0.2) is 5.82 Å². The van der Waals surface area contributed by atoms with Gasteiger partial charge in [0.25, 0.3) is 0 Å². The van der Waals surface area contributed by atoms with Gasteiger partial charge in [0, 0.05) is 25.1 Å². The summed E-state index contributed by atoms with van der Waals surface area (Å²) in [5.41, 5.74) is 8.07. The number of allylic oxidation sites excluding steroid dienone is 4. The maximum Gasteiger partial charge on any atom is 0.153 e. The molecule has 0 bridgehead atoms. The maximum absolute atomic E-state index is 4.82. The molecule has 0 N–H and O–H groups in total. The Hall–Kier alpha value is -4.35. The Morgan fingerprint density at radius 1 is 1.24 bits per heavy atom. The first-order valence-electron chi connectivity index (χ1n) is 10.6. The van der Waals surface area contributed by atoms with E-state index in [0.29, 0.717) is 18.8 Å². The van der Waals surface area contributed by atoms with Crippen LogP contribution in [0.4, 0.5) is 5.82 Å². The number of likely N-dealkylation sites (N-methyl/N-ethyl adjacent to an activating group) is 1. The largest absolute Gasteiger partial charge is 0.329 e. The molecule has 0 aromatic carbocycles. The van der Waals surface area contributed by atoms with E-state index in [1.165, 1.54) is 0 Å². The minimum absolute atomic E-state index is 0.461. The van der Waals surface area contributed by atoms with Gasteiger partial charge in [0.1, 0.15) is 5.82 Å². The second kappa shape index (κ2) is 10.3. The molecule has 3 aromatic rings. The summed E-state index contributed by atoms with van der Waals surface area (Å²) in [5.74, 6) is 1.52. The van der Waals surface area contributed by atoms with Crippen molar-refractivity contribution < 1.29 is 0 Å². The highest BCUT2D eigenvalue weighted by atomic mass is 15.1. The van der Waals surface area contributed by atoms with Gasteiger partial charge >= 0.3 is 0 Å². The van der Waals surface area contributed by atoms with Crippen molar-refractivity contribution in [2.75, 3.05) is 7.05 Å². The molecule has 0 saturated carbocycles. The lowest BCUT2D eigenvalue weighted by Gasteiger charge is -2.14. The highest BCUT2D eigenvalue weighted by Gasteiger charge is 2.14. The molecule has 0 aliphatic heterocycles. The molecule has 0 unspecified atom stereocenters. The molecule has 7 heteroatoms. The fourth-order valence-electron chi connectivity index (χ4n) is 3.31. The summed E-state index contributed by atoms with van der Waals surface area (Å²) in [7, 11) is 1.94. The Morgan fingerprint density at radius 3 is 2.91 bits per heavy atom. The van der Waals surface area contributed by atoms with Crippen molar-refractivity contribution in [3.8, 4) is 5.69 Å². The third-order valence-electron chi connectivity index (χ3n) is 5.01. The number of rotatable bonds is 7. The summed E-state index contributed by atoms with van der Waals surface area (Å²) in [6.07, 6.45) is 16.1. The van der Waals surface area contributed by atoms with E-state index in [4.69, 9.17) is 4.98 Å². The van der Waals surface area contributed by atoms with Crippen LogP contribution in [-0.4, -0.2) is 44.5 Å². The number of aliphatic imine (C=N–C) groups is 2. The quantitative estimate of drug-likeness (QED) is 0.302. The lowest BCUT2D eigenvalue weighted by atomic mass is 10.1. The van der Waals surface area contributed by atoms with E-state index >= 15 is 0 Å². The number of nitrogens with zero attached hydrogens (tertiary/aromatic N) is 7. The molecular weight excluding hydrogens is 410 g/mol. The lowest BCUT2D eigenvalue weighted by molar-refractivity contribution is 0.669. The van der Waals surface area contributed by atoms with Crippen LogP contribution in [0.25, 0.3) is 11.3 Å². The number of aromatic nitrogens is 4. The van der Waals surface area contributed by atoms with Crippen molar-refractivity contribution in [2.45, 2.75) is 19.9 Å². The van der Waals surface area contributed by atoms with Crippen molar-refractivity contribution in [1.82, 2.24) is 24.4 Å². The number of pyridine rings is 2. The average Bonchev–Trinajstić information content (AvgIpc) is 3.22. The second-order valence-corrected chi connectivity index (χ2v) is 7.50. The van der Waals surface area contributed by atoms with Gasteiger partial charge in [0.2, 0.25) is 0 Å². The smallest absolute Gasteiger partial charge is 0.153 e. The predicted molar refractivity (Wildman–Crippen MR) is 133 cm³/mol. The monoisotopic (exact) mass is 435 g/mol. The van der Waals surface area contributed by atoms with Gasteiger partial charge in [-0.3, -0.25) is 14.5 Å². The van der Waals surface area contributed by atoms with Crippen LogP contribution in [-0.2, 0) is 6.54 Å². The molecule has 0 saturated heterocycles. The molecule has 1 aliphatic rings. The van der Waals surface area contributed by atoms with Gasteiger partial charge in [-0.1, -0.05) is 17.9 Å². The summed E-state index contributed by atoms with van der Waals surface area (Å²) in [6.45, 7) is 6.04. The SMILES string of the molecule is C=NCc1cn(-c2ccc(C)nc2)c(/C2=C/C=C=C(N(C)/C=N\c3ccccn3)/C=C\C2)n1. The van der Waals surface area contributed by atoms with Gasteiger partial charge in [-0.15, -0.1) is 0 Å². The molecular formula is C26H25N7. The van der Waals surface area contributed by atoms with E-state index in [1.54, 1.807) is 12.5 Å². The summed E-state index contributed by atoms with van der Waals surface area (Å²) in [5, 5.41) is 0. The third-order valence-corrected chi connectivity index (χ3v) is 5.01. The minimum Gasteiger partial charge on any atom is -0.329 e. The van der Waals surface area contributed by atoms with E-state index < -0.39 is 0 Å². The van der Waals surface area contributed by atoms with Gasteiger partial charge in [-0.05, 0) is 68.1 Å². The number of hydrogen-bond donors (Lipinski definition) is 0. The fourth-order valence-corrected chi connectivity index (χ4v) is 3.31. The topological polar surface area (TPSA) is 71.6 Å². The third kappa shape index (κ3) is 5.47. The molecule has 7 nitrogen and oxygen atoms in total. The summed E-state index contributed by atoms with van der Waals surface area (Å²) in [6, 6.07) is 9.68. The van der Waals surface area contributed by atoms with Gasteiger partial charge in [-0.25, -0.2) is 15.0 Å².